The lowest BCUT2D eigenvalue weighted by molar-refractivity contribution is -0.384. The third-order valence-electron chi connectivity index (χ3n) is 4.10. The van der Waals surface area contributed by atoms with Crippen LogP contribution >= 0.6 is 0 Å². The second-order valence-electron chi connectivity index (χ2n) is 5.85. The fourth-order valence-electron chi connectivity index (χ4n) is 2.83. The molecule has 3 rings (SSSR count). The van der Waals surface area contributed by atoms with Crippen LogP contribution in [0, 0.1) is 10.1 Å². The number of hydrogen-bond donors (Lipinski definition) is 1. The number of nitrogens with zero attached hydrogens (tertiary/aromatic N) is 2. The first-order valence-corrected chi connectivity index (χ1v) is 9.48. The molecule has 2 heterocycles. The van der Waals surface area contributed by atoms with Gasteiger partial charge in [-0.3, -0.25) is 10.1 Å². The second-order valence-corrected chi connectivity index (χ2v) is 7.74. The average Bonchev–Trinajstić information content (AvgIpc) is 3.09. The number of non-ortho nitro benzene ring substituents is 1. The molecule has 26 heavy (non-hydrogen) atoms. The van der Waals surface area contributed by atoms with E-state index in [0.717, 1.165) is 6.42 Å². The maximum atomic E-state index is 13.3. The molecule has 0 spiro atoms. The summed E-state index contributed by atoms with van der Waals surface area (Å²) >= 11 is 0. The molecule has 0 amide bonds. The number of nitrogens with one attached hydrogen (secondary N) is 1. The third-order valence-corrected chi connectivity index (χ3v) is 5.97. The highest BCUT2D eigenvalue weighted by atomic mass is 32.2. The zero-order valence-electron chi connectivity index (χ0n) is 14.1. The molecule has 1 N–H and O–H groups in total. The molecule has 134 valence electrons. The minimum Gasteiger partial charge on any atom is -0.346 e. The molecule has 0 aliphatic rings. The number of aromatic amines is 1. The maximum Gasteiger partial charge on any atom is 0.269 e. The lowest BCUT2D eigenvalue weighted by Gasteiger charge is -2.13. The largest absolute Gasteiger partial charge is 0.346 e. The SMILES string of the molecule is C=C(CCC)c1cnc2[nH]ccc2c1S(=O)(=O)c1ccc([N+](=O)[O-])cc1. The van der Waals surface area contributed by atoms with Crippen molar-refractivity contribution < 1.29 is 13.3 Å². The first kappa shape index (κ1) is 17.8. The molecule has 0 fully saturated rings. The Morgan fingerprint density at radius 1 is 1.27 bits per heavy atom. The van der Waals surface area contributed by atoms with Gasteiger partial charge in [-0.2, -0.15) is 0 Å². The Balaban J connectivity index is 2.24. The van der Waals surface area contributed by atoms with Crippen molar-refractivity contribution in [2.24, 2.45) is 0 Å². The van der Waals surface area contributed by atoms with Gasteiger partial charge in [0.2, 0.25) is 9.84 Å². The van der Waals surface area contributed by atoms with E-state index in [1.165, 1.54) is 30.5 Å². The van der Waals surface area contributed by atoms with Crippen LogP contribution in [0.2, 0.25) is 0 Å². The lowest BCUT2D eigenvalue weighted by Crippen LogP contribution is -2.07. The highest BCUT2D eigenvalue weighted by Crippen LogP contribution is 2.35. The number of benzene rings is 1. The summed E-state index contributed by atoms with van der Waals surface area (Å²) < 4.78 is 26.6. The molecule has 0 aliphatic carbocycles. The van der Waals surface area contributed by atoms with Crippen molar-refractivity contribution in [3.8, 4) is 0 Å². The summed E-state index contributed by atoms with van der Waals surface area (Å²) in [5, 5.41) is 11.3. The number of hydrogen-bond acceptors (Lipinski definition) is 5. The van der Waals surface area contributed by atoms with Crippen LogP contribution < -0.4 is 0 Å². The Hall–Kier alpha value is -3.00. The molecule has 0 atom stereocenters. The molecule has 0 saturated carbocycles. The van der Waals surface area contributed by atoms with Gasteiger partial charge < -0.3 is 4.98 Å². The van der Waals surface area contributed by atoms with E-state index >= 15 is 0 Å². The van der Waals surface area contributed by atoms with Crippen molar-refractivity contribution in [2.75, 3.05) is 0 Å². The molecule has 1 aromatic carbocycles. The first-order chi connectivity index (χ1) is 12.4. The Morgan fingerprint density at radius 2 is 1.96 bits per heavy atom. The summed E-state index contributed by atoms with van der Waals surface area (Å²) in [6, 6.07) is 6.52. The number of aromatic nitrogens is 2. The molecule has 7 nitrogen and oxygen atoms in total. The molecule has 0 saturated heterocycles. The highest BCUT2D eigenvalue weighted by molar-refractivity contribution is 7.91. The molecule has 2 aromatic heterocycles. The van der Waals surface area contributed by atoms with Crippen LogP contribution in [0.5, 0.6) is 0 Å². The van der Waals surface area contributed by atoms with Gasteiger partial charge in [0.15, 0.2) is 0 Å². The van der Waals surface area contributed by atoms with Crippen LogP contribution in [-0.2, 0) is 9.84 Å². The molecule has 8 heteroatoms. The second kappa shape index (κ2) is 6.72. The van der Waals surface area contributed by atoms with E-state index in [4.69, 9.17) is 0 Å². The lowest BCUT2D eigenvalue weighted by atomic mass is 10.0. The van der Waals surface area contributed by atoms with Gasteiger partial charge >= 0.3 is 0 Å². The number of fused-ring (bicyclic) bond motifs is 1. The van der Waals surface area contributed by atoms with Crippen LogP contribution in [0.15, 0.2) is 59.1 Å². The van der Waals surface area contributed by atoms with Crippen LogP contribution in [0.4, 0.5) is 5.69 Å². The summed E-state index contributed by atoms with van der Waals surface area (Å²) in [5.74, 6) is 0. The summed E-state index contributed by atoms with van der Waals surface area (Å²) in [6.07, 6.45) is 4.59. The number of H-pyrrole nitrogens is 1. The van der Waals surface area contributed by atoms with Gasteiger partial charge in [-0.25, -0.2) is 13.4 Å². The number of allylic oxidation sites excluding steroid dienone is 1. The first-order valence-electron chi connectivity index (χ1n) is 8.00. The van der Waals surface area contributed by atoms with Gasteiger partial charge in [-0.05, 0) is 30.2 Å². The van der Waals surface area contributed by atoms with Crippen molar-refractivity contribution in [1.82, 2.24) is 9.97 Å². The molecule has 3 aromatic rings. The fourth-order valence-corrected chi connectivity index (χ4v) is 4.50. The Labute approximate surface area is 150 Å². The summed E-state index contributed by atoms with van der Waals surface area (Å²) in [5.41, 5.74) is 1.44. The number of sulfone groups is 1. The summed E-state index contributed by atoms with van der Waals surface area (Å²) in [7, 11) is -3.92. The average molecular weight is 371 g/mol. The summed E-state index contributed by atoms with van der Waals surface area (Å²) in [4.78, 5) is 17.6. The number of rotatable bonds is 6. The van der Waals surface area contributed by atoms with Gasteiger partial charge in [0.05, 0.1) is 14.7 Å². The molecule has 0 bridgehead atoms. The summed E-state index contributed by atoms with van der Waals surface area (Å²) in [6.45, 7) is 5.99. The zero-order valence-corrected chi connectivity index (χ0v) is 14.9. The van der Waals surface area contributed by atoms with Crippen LogP contribution in [0.1, 0.15) is 25.3 Å². The van der Waals surface area contributed by atoms with E-state index in [1.807, 2.05) is 6.92 Å². The van der Waals surface area contributed by atoms with E-state index in [1.54, 1.807) is 12.3 Å². The van der Waals surface area contributed by atoms with Gasteiger partial charge in [-0.15, -0.1) is 0 Å². The van der Waals surface area contributed by atoms with Crippen LogP contribution in [0.3, 0.4) is 0 Å². The predicted molar refractivity (Wildman–Crippen MR) is 98.6 cm³/mol. The van der Waals surface area contributed by atoms with Crippen molar-refractivity contribution in [3.05, 3.63) is 65.0 Å². The minimum atomic E-state index is -3.92. The highest BCUT2D eigenvalue weighted by Gasteiger charge is 2.26. The van der Waals surface area contributed by atoms with Crippen molar-refractivity contribution >= 4 is 32.1 Å². The normalized spacial score (nSPS) is 11.6. The van der Waals surface area contributed by atoms with Crippen molar-refractivity contribution in [3.63, 3.8) is 0 Å². The van der Waals surface area contributed by atoms with Crippen molar-refractivity contribution in [1.29, 1.82) is 0 Å². The monoisotopic (exact) mass is 371 g/mol. The molecular formula is C18H17N3O4S. The Kier molecular flexibility index (Phi) is 4.60. The third kappa shape index (κ3) is 2.99. The van der Waals surface area contributed by atoms with E-state index in [0.29, 0.717) is 28.6 Å². The van der Waals surface area contributed by atoms with Gasteiger partial charge in [0.25, 0.3) is 5.69 Å². The Bertz CT molecular complexity index is 1100. The quantitative estimate of drug-likeness (QED) is 0.518. The minimum absolute atomic E-state index is 0.0117. The molecular weight excluding hydrogens is 354 g/mol. The van der Waals surface area contributed by atoms with E-state index < -0.39 is 14.8 Å². The van der Waals surface area contributed by atoms with E-state index in [9.17, 15) is 18.5 Å². The smallest absolute Gasteiger partial charge is 0.269 e. The van der Waals surface area contributed by atoms with Crippen LogP contribution in [-0.4, -0.2) is 23.3 Å². The number of nitro groups is 1. The fraction of sp³-hybridized carbons (Fsp3) is 0.167. The standard InChI is InChI=1S/C18H17N3O4S/c1-3-4-12(2)16-11-20-18-15(9-10-19-18)17(16)26(24,25)14-7-5-13(6-8-14)21(22)23/h5-11H,2-4H2,1H3,(H,19,20). The maximum absolute atomic E-state index is 13.3. The van der Waals surface area contributed by atoms with Crippen LogP contribution in [0.25, 0.3) is 16.6 Å². The molecule has 0 radical (unpaired) electrons. The predicted octanol–water partition coefficient (Wildman–Crippen LogP) is 4.12. The van der Waals surface area contributed by atoms with Crippen molar-refractivity contribution in [2.45, 2.75) is 29.6 Å². The van der Waals surface area contributed by atoms with E-state index in [2.05, 4.69) is 16.5 Å². The zero-order chi connectivity index (χ0) is 18.9. The molecule has 0 unspecified atom stereocenters. The Morgan fingerprint density at radius 3 is 2.58 bits per heavy atom. The van der Waals surface area contributed by atoms with Gasteiger partial charge in [-0.1, -0.05) is 19.9 Å². The van der Waals surface area contributed by atoms with E-state index in [-0.39, 0.29) is 15.5 Å². The number of pyridine rings is 1. The van der Waals surface area contributed by atoms with Gasteiger partial charge in [0.1, 0.15) is 5.65 Å². The molecule has 0 aliphatic heterocycles. The number of nitro benzene ring substituents is 1. The van der Waals surface area contributed by atoms with Gasteiger partial charge in [0, 0.05) is 35.5 Å². The topological polar surface area (TPSA) is 106 Å².